The highest BCUT2D eigenvalue weighted by Gasteiger charge is 2.24. The van der Waals surface area contributed by atoms with E-state index in [1.165, 1.54) is 16.8 Å². The first kappa shape index (κ1) is 18.7. The van der Waals surface area contributed by atoms with Gasteiger partial charge in [-0.2, -0.15) is 5.10 Å². The topological polar surface area (TPSA) is 93.1 Å². The fourth-order valence-corrected chi connectivity index (χ4v) is 3.40. The molecule has 1 aromatic heterocycles. The Morgan fingerprint density at radius 3 is 2.44 bits per heavy atom. The molecule has 3 rings (SSSR count). The van der Waals surface area contributed by atoms with Gasteiger partial charge in [-0.15, -0.1) is 4.83 Å². The number of aromatic nitrogens is 2. The molecule has 0 aliphatic heterocycles. The second-order valence-corrected chi connectivity index (χ2v) is 7.24. The summed E-state index contributed by atoms with van der Waals surface area (Å²) in [6.07, 6.45) is 3.25. The van der Waals surface area contributed by atoms with Crippen LogP contribution in [0.5, 0.6) is 0 Å². The molecule has 2 N–H and O–H groups in total. The summed E-state index contributed by atoms with van der Waals surface area (Å²) in [6.45, 7) is 1.75. The molecule has 3 aromatic rings. The molecule has 140 valence electrons. The van der Waals surface area contributed by atoms with Crippen molar-refractivity contribution in [2.75, 3.05) is 0 Å². The first-order chi connectivity index (χ1) is 12.8. The van der Waals surface area contributed by atoms with Crippen LogP contribution in [-0.4, -0.2) is 24.1 Å². The number of hydrazine groups is 1. The molecule has 1 heterocycles. The van der Waals surface area contributed by atoms with Crippen LogP contribution in [0, 0.1) is 18.6 Å². The zero-order chi connectivity index (χ0) is 19.6. The smallest absolute Gasteiger partial charge is 0.266 e. The maximum atomic E-state index is 13.7. The second-order valence-electron chi connectivity index (χ2n) is 5.62. The highest BCUT2D eigenvalue weighted by Crippen LogP contribution is 2.18. The Kier molecular flexibility index (Phi) is 5.02. The summed E-state index contributed by atoms with van der Waals surface area (Å²) in [4.78, 5) is 12.8. The summed E-state index contributed by atoms with van der Waals surface area (Å²) in [5, 5.41) is 4.06. The van der Waals surface area contributed by atoms with Crippen LogP contribution in [0.25, 0.3) is 5.69 Å². The first-order valence-electron chi connectivity index (χ1n) is 7.66. The standard InChI is InChI=1S/C17H14F2N4O3S/c1-11-8-12(10-13(9-11)23-7-3-6-20-23)17(24)21-22-27(25,26)16-14(18)4-2-5-15(16)19/h2-10,22H,1H3,(H,21,24). The van der Waals surface area contributed by atoms with Gasteiger partial charge in [0.1, 0.15) is 11.6 Å². The number of rotatable bonds is 5. The van der Waals surface area contributed by atoms with E-state index in [1.54, 1.807) is 36.3 Å². The molecule has 27 heavy (non-hydrogen) atoms. The number of amides is 1. The number of carbonyl (C=O) groups is 1. The molecule has 0 fully saturated rings. The van der Waals surface area contributed by atoms with Crippen LogP contribution in [0.4, 0.5) is 8.78 Å². The largest absolute Gasteiger partial charge is 0.273 e. The van der Waals surface area contributed by atoms with Gasteiger partial charge in [0.25, 0.3) is 15.9 Å². The third-order valence-electron chi connectivity index (χ3n) is 3.58. The lowest BCUT2D eigenvalue weighted by atomic mass is 10.1. The van der Waals surface area contributed by atoms with Gasteiger partial charge in [-0.3, -0.25) is 10.2 Å². The van der Waals surface area contributed by atoms with E-state index in [4.69, 9.17) is 0 Å². The van der Waals surface area contributed by atoms with Gasteiger partial charge in [0, 0.05) is 18.0 Å². The first-order valence-corrected chi connectivity index (χ1v) is 9.14. The number of nitrogens with one attached hydrogen (secondary N) is 2. The average molecular weight is 392 g/mol. The van der Waals surface area contributed by atoms with Crippen LogP contribution in [0.1, 0.15) is 15.9 Å². The van der Waals surface area contributed by atoms with Crippen molar-refractivity contribution < 1.29 is 22.0 Å². The van der Waals surface area contributed by atoms with E-state index in [2.05, 4.69) is 5.10 Å². The van der Waals surface area contributed by atoms with E-state index in [0.717, 1.165) is 23.8 Å². The molecule has 0 radical (unpaired) electrons. The van der Waals surface area contributed by atoms with Crippen LogP contribution in [0.2, 0.25) is 0 Å². The third-order valence-corrected chi connectivity index (χ3v) is 4.88. The van der Waals surface area contributed by atoms with Gasteiger partial charge in [0.05, 0.1) is 5.69 Å². The minimum Gasteiger partial charge on any atom is -0.273 e. The van der Waals surface area contributed by atoms with Crippen LogP contribution in [0.3, 0.4) is 0 Å². The lowest BCUT2D eigenvalue weighted by Crippen LogP contribution is -2.42. The van der Waals surface area contributed by atoms with Crippen molar-refractivity contribution in [3.8, 4) is 5.69 Å². The van der Waals surface area contributed by atoms with E-state index in [1.807, 2.05) is 5.43 Å². The van der Waals surface area contributed by atoms with Gasteiger partial charge < -0.3 is 0 Å². The number of nitrogens with zero attached hydrogens (tertiary/aromatic N) is 2. The molecule has 0 unspecified atom stereocenters. The molecule has 0 saturated carbocycles. The molecule has 2 aromatic carbocycles. The van der Waals surface area contributed by atoms with Gasteiger partial charge in [-0.1, -0.05) is 6.07 Å². The zero-order valence-electron chi connectivity index (χ0n) is 14.0. The summed E-state index contributed by atoms with van der Waals surface area (Å²) in [5.74, 6) is -3.34. The van der Waals surface area contributed by atoms with Gasteiger partial charge in [-0.05, 0) is 48.9 Å². The zero-order valence-corrected chi connectivity index (χ0v) is 14.8. The molecule has 1 amide bonds. The predicted molar refractivity (Wildman–Crippen MR) is 92.4 cm³/mol. The van der Waals surface area contributed by atoms with E-state index < -0.39 is 32.5 Å². The van der Waals surface area contributed by atoms with Crippen molar-refractivity contribution >= 4 is 15.9 Å². The Labute approximate surface area is 153 Å². The van der Waals surface area contributed by atoms with Crippen LogP contribution in [0.15, 0.2) is 59.8 Å². The SMILES string of the molecule is Cc1cc(C(=O)NNS(=O)(=O)c2c(F)cccc2F)cc(-n2cccn2)c1. The number of benzene rings is 2. The lowest BCUT2D eigenvalue weighted by molar-refractivity contribution is 0.0945. The van der Waals surface area contributed by atoms with Crippen LogP contribution in [-0.2, 0) is 10.0 Å². The van der Waals surface area contributed by atoms with E-state index in [-0.39, 0.29) is 5.56 Å². The third kappa shape index (κ3) is 4.01. The molecule has 0 bridgehead atoms. The van der Waals surface area contributed by atoms with Crippen molar-refractivity contribution in [2.45, 2.75) is 11.8 Å². The monoisotopic (exact) mass is 392 g/mol. The molecule has 0 saturated heterocycles. The van der Waals surface area contributed by atoms with Crippen LogP contribution < -0.4 is 10.3 Å². The summed E-state index contributed by atoms with van der Waals surface area (Å²) in [5.41, 5.74) is 3.41. The van der Waals surface area contributed by atoms with E-state index in [0.29, 0.717) is 5.69 Å². The Hall–Kier alpha value is -3.11. The summed E-state index contributed by atoms with van der Waals surface area (Å²) >= 11 is 0. The van der Waals surface area contributed by atoms with Gasteiger partial charge >= 0.3 is 0 Å². The quantitative estimate of drug-likeness (QED) is 0.650. The number of hydrogen-bond donors (Lipinski definition) is 2. The molecule has 10 heteroatoms. The Morgan fingerprint density at radius 1 is 1.11 bits per heavy atom. The highest BCUT2D eigenvalue weighted by molar-refractivity contribution is 7.89. The van der Waals surface area contributed by atoms with Crippen LogP contribution >= 0.6 is 0 Å². The minimum absolute atomic E-state index is 0.136. The minimum atomic E-state index is -4.64. The van der Waals surface area contributed by atoms with Gasteiger partial charge in [-0.25, -0.2) is 21.9 Å². The molecule has 0 aliphatic carbocycles. The average Bonchev–Trinajstić information content (AvgIpc) is 3.13. The maximum Gasteiger partial charge on any atom is 0.266 e. The van der Waals surface area contributed by atoms with Crippen molar-refractivity contribution in [3.63, 3.8) is 0 Å². The van der Waals surface area contributed by atoms with E-state index >= 15 is 0 Å². The normalized spacial score (nSPS) is 11.4. The maximum absolute atomic E-state index is 13.7. The summed E-state index contributed by atoms with van der Waals surface area (Å²) in [6, 6.07) is 9.15. The molecular weight excluding hydrogens is 378 g/mol. The number of carbonyl (C=O) groups excluding carboxylic acids is 1. The number of sulfonamides is 1. The Balaban J connectivity index is 1.82. The fraction of sp³-hybridized carbons (Fsp3) is 0.0588. The lowest BCUT2D eigenvalue weighted by Gasteiger charge is -2.11. The van der Waals surface area contributed by atoms with Gasteiger partial charge in [0.15, 0.2) is 4.90 Å². The predicted octanol–water partition coefficient (Wildman–Crippen LogP) is 2.08. The van der Waals surface area contributed by atoms with Crippen molar-refractivity contribution in [3.05, 3.63) is 77.6 Å². The number of hydrogen-bond acceptors (Lipinski definition) is 4. The molecule has 0 atom stereocenters. The molecular formula is C17H14F2N4O3S. The Morgan fingerprint density at radius 2 is 1.81 bits per heavy atom. The second kappa shape index (κ2) is 7.25. The number of halogens is 2. The highest BCUT2D eigenvalue weighted by atomic mass is 32.2. The summed E-state index contributed by atoms with van der Waals surface area (Å²) in [7, 11) is -4.64. The molecule has 0 spiro atoms. The number of aryl methyl sites for hydroxylation is 1. The Bertz CT molecular complexity index is 1080. The molecule has 0 aliphatic rings. The fourth-order valence-electron chi connectivity index (χ4n) is 2.42. The molecule has 7 nitrogen and oxygen atoms in total. The van der Waals surface area contributed by atoms with Crippen molar-refractivity contribution in [1.29, 1.82) is 0 Å². The van der Waals surface area contributed by atoms with Crippen molar-refractivity contribution in [1.82, 2.24) is 20.0 Å². The summed E-state index contributed by atoms with van der Waals surface area (Å²) < 4.78 is 53.1. The van der Waals surface area contributed by atoms with Gasteiger partial charge in [0.2, 0.25) is 0 Å². The van der Waals surface area contributed by atoms with Crippen molar-refractivity contribution in [2.24, 2.45) is 0 Å². The van der Waals surface area contributed by atoms with E-state index in [9.17, 15) is 22.0 Å².